The van der Waals surface area contributed by atoms with Gasteiger partial charge < -0.3 is 4.57 Å². The van der Waals surface area contributed by atoms with Crippen molar-refractivity contribution < 1.29 is 0 Å². The summed E-state index contributed by atoms with van der Waals surface area (Å²) < 4.78 is 6.65. The molecule has 0 aliphatic heterocycles. The quantitative estimate of drug-likeness (QED) is 0.557. The van der Waals surface area contributed by atoms with E-state index in [4.69, 9.17) is 0 Å². The van der Waals surface area contributed by atoms with Crippen LogP contribution in [0.25, 0.3) is 16.9 Å². The van der Waals surface area contributed by atoms with Gasteiger partial charge in [0.05, 0.1) is 6.54 Å². The first-order valence-corrected chi connectivity index (χ1v) is 9.15. The summed E-state index contributed by atoms with van der Waals surface area (Å²) in [5.74, 6) is 0.699. The lowest BCUT2D eigenvalue weighted by Crippen LogP contribution is -2.39. The van der Waals surface area contributed by atoms with E-state index >= 15 is 0 Å². The highest BCUT2D eigenvalue weighted by molar-refractivity contribution is 5.75. The third-order valence-electron chi connectivity index (χ3n) is 5.01. The first-order valence-electron chi connectivity index (χ1n) is 9.15. The molecular formula is C20H23N5O2. The van der Waals surface area contributed by atoms with Crippen LogP contribution < -0.4 is 11.2 Å². The number of nitrogens with zero attached hydrogens (tertiary/aromatic N) is 5. The highest BCUT2D eigenvalue weighted by atomic mass is 16.2. The molecule has 0 saturated carbocycles. The Balaban J connectivity index is 2.01. The lowest BCUT2D eigenvalue weighted by Gasteiger charge is -2.08. The van der Waals surface area contributed by atoms with Crippen molar-refractivity contribution in [1.82, 2.24) is 23.1 Å². The zero-order chi connectivity index (χ0) is 19.3. The minimum absolute atomic E-state index is 0.241. The molecule has 4 rings (SSSR count). The lowest BCUT2D eigenvalue weighted by molar-refractivity contribution is 0.655. The molecule has 0 amide bonds. The van der Waals surface area contributed by atoms with E-state index in [0.29, 0.717) is 16.9 Å². The molecule has 27 heavy (non-hydrogen) atoms. The van der Waals surface area contributed by atoms with Crippen LogP contribution in [0.4, 0.5) is 0 Å². The van der Waals surface area contributed by atoms with Gasteiger partial charge in [-0.05, 0) is 25.8 Å². The summed E-state index contributed by atoms with van der Waals surface area (Å²) in [6, 6.07) is 7.85. The molecular weight excluding hydrogens is 342 g/mol. The van der Waals surface area contributed by atoms with Crippen LogP contribution in [0.1, 0.15) is 30.2 Å². The van der Waals surface area contributed by atoms with Gasteiger partial charge in [-0.3, -0.25) is 18.3 Å². The molecule has 0 N–H and O–H groups in total. The van der Waals surface area contributed by atoms with Crippen molar-refractivity contribution in [2.45, 2.75) is 40.3 Å². The van der Waals surface area contributed by atoms with Crippen molar-refractivity contribution >= 4 is 16.9 Å². The van der Waals surface area contributed by atoms with Crippen molar-refractivity contribution in [2.75, 3.05) is 0 Å². The van der Waals surface area contributed by atoms with Gasteiger partial charge in [0.25, 0.3) is 5.56 Å². The van der Waals surface area contributed by atoms with Crippen molar-refractivity contribution in [2.24, 2.45) is 7.05 Å². The Bertz CT molecular complexity index is 1290. The average molecular weight is 365 g/mol. The zero-order valence-corrected chi connectivity index (χ0v) is 16.1. The van der Waals surface area contributed by atoms with E-state index in [1.165, 1.54) is 9.13 Å². The predicted molar refractivity (Wildman–Crippen MR) is 105 cm³/mol. The Morgan fingerprint density at radius 1 is 1.11 bits per heavy atom. The number of rotatable bonds is 4. The predicted octanol–water partition coefficient (Wildman–Crippen LogP) is 2.22. The van der Waals surface area contributed by atoms with Crippen LogP contribution in [0, 0.1) is 13.8 Å². The maximum atomic E-state index is 13.2. The smallest absolute Gasteiger partial charge is 0.314 e. The van der Waals surface area contributed by atoms with Crippen LogP contribution in [-0.2, 0) is 20.1 Å². The second kappa shape index (κ2) is 6.26. The molecule has 4 aromatic rings. The third-order valence-corrected chi connectivity index (χ3v) is 5.01. The highest BCUT2D eigenvalue weighted by Crippen LogP contribution is 2.16. The number of benzene rings is 1. The largest absolute Gasteiger partial charge is 0.332 e. The molecule has 7 heteroatoms. The fourth-order valence-corrected chi connectivity index (χ4v) is 3.69. The number of hydrogen-bond acceptors (Lipinski definition) is 3. The molecule has 7 nitrogen and oxygen atoms in total. The summed E-state index contributed by atoms with van der Waals surface area (Å²) in [7, 11) is 1.67. The van der Waals surface area contributed by atoms with Crippen molar-refractivity contribution in [3.63, 3.8) is 0 Å². The standard InChI is InChI=1S/C20H23N5O2/c1-5-9-23-14(3)11-24-16-17(21-19(23)24)22(4)20(27)25(18(16)26)12-15-8-6-7-13(2)10-15/h6-8,10-11H,5,9,12H2,1-4H3. The molecule has 0 saturated heterocycles. The van der Waals surface area contributed by atoms with Crippen LogP contribution in [0.3, 0.4) is 0 Å². The summed E-state index contributed by atoms with van der Waals surface area (Å²) in [6.45, 7) is 7.15. The monoisotopic (exact) mass is 365 g/mol. The zero-order valence-electron chi connectivity index (χ0n) is 16.1. The van der Waals surface area contributed by atoms with E-state index in [-0.39, 0.29) is 17.8 Å². The Labute approximate surface area is 156 Å². The summed E-state index contributed by atoms with van der Waals surface area (Å²) >= 11 is 0. The third kappa shape index (κ3) is 2.61. The van der Waals surface area contributed by atoms with Gasteiger partial charge >= 0.3 is 5.69 Å². The van der Waals surface area contributed by atoms with E-state index in [2.05, 4.69) is 16.5 Å². The number of aryl methyl sites for hydroxylation is 4. The SMILES string of the molecule is CCCn1c(C)cn2c3c(=O)n(Cc4cccc(C)c4)c(=O)n(C)c3nc12. The maximum absolute atomic E-state index is 13.2. The Morgan fingerprint density at radius 3 is 2.59 bits per heavy atom. The van der Waals surface area contributed by atoms with Gasteiger partial charge in [-0.25, -0.2) is 4.79 Å². The molecule has 1 aromatic carbocycles. The summed E-state index contributed by atoms with van der Waals surface area (Å²) in [4.78, 5) is 30.7. The lowest BCUT2D eigenvalue weighted by atomic mass is 10.1. The Morgan fingerprint density at radius 2 is 1.89 bits per heavy atom. The number of aromatic nitrogens is 5. The van der Waals surface area contributed by atoms with Gasteiger partial charge in [-0.2, -0.15) is 4.98 Å². The van der Waals surface area contributed by atoms with E-state index in [1.807, 2.05) is 48.7 Å². The summed E-state index contributed by atoms with van der Waals surface area (Å²) in [5.41, 5.74) is 3.26. The molecule has 0 radical (unpaired) electrons. The number of imidazole rings is 2. The molecule has 0 unspecified atom stereocenters. The Hall–Kier alpha value is -3.09. The Kier molecular flexibility index (Phi) is 4.02. The van der Waals surface area contributed by atoms with Gasteiger partial charge in [0.1, 0.15) is 0 Å². The minimum atomic E-state index is -0.353. The average Bonchev–Trinajstić information content (AvgIpc) is 3.14. The minimum Gasteiger partial charge on any atom is -0.314 e. The molecule has 0 fully saturated rings. The highest BCUT2D eigenvalue weighted by Gasteiger charge is 2.20. The second-order valence-corrected chi connectivity index (χ2v) is 7.10. The number of hydrogen-bond donors (Lipinski definition) is 0. The topological polar surface area (TPSA) is 66.2 Å². The molecule has 3 heterocycles. The van der Waals surface area contributed by atoms with E-state index in [9.17, 15) is 9.59 Å². The molecule has 0 aliphatic rings. The first-order chi connectivity index (χ1) is 12.9. The van der Waals surface area contributed by atoms with E-state index in [1.54, 1.807) is 7.05 Å². The fourth-order valence-electron chi connectivity index (χ4n) is 3.69. The normalized spacial score (nSPS) is 11.7. The summed E-state index contributed by atoms with van der Waals surface area (Å²) in [6.07, 6.45) is 2.88. The molecule has 0 spiro atoms. The molecule has 3 aromatic heterocycles. The molecule has 0 bridgehead atoms. The van der Waals surface area contributed by atoms with Crippen LogP contribution in [0.2, 0.25) is 0 Å². The van der Waals surface area contributed by atoms with Crippen molar-refractivity contribution in [3.05, 3.63) is 68.1 Å². The molecule has 0 aliphatic carbocycles. The van der Waals surface area contributed by atoms with Crippen molar-refractivity contribution in [3.8, 4) is 0 Å². The van der Waals surface area contributed by atoms with E-state index in [0.717, 1.165) is 29.8 Å². The van der Waals surface area contributed by atoms with E-state index < -0.39 is 0 Å². The van der Waals surface area contributed by atoms with Gasteiger partial charge in [-0.15, -0.1) is 0 Å². The van der Waals surface area contributed by atoms with Crippen LogP contribution >= 0.6 is 0 Å². The van der Waals surface area contributed by atoms with Crippen LogP contribution in [0.15, 0.2) is 40.1 Å². The van der Waals surface area contributed by atoms with Crippen LogP contribution in [0.5, 0.6) is 0 Å². The second-order valence-electron chi connectivity index (χ2n) is 7.10. The maximum Gasteiger partial charge on any atom is 0.332 e. The summed E-state index contributed by atoms with van der Waals surface area (Å²) in [5, 5.41) is 0. The first kappa shape index (κ1) is 17.3. The van der Waals surface area contributed by atoms with Gasteiger partial charge in [0.2, 0.25) is 5.78 Å². The molecule has 140 valence electrons. The van der Waals surface area contributed by atoms with Crippen molar-refractivity contribution in [1.29, 1.82) is 0 Å². The van der Waals surface area contributed by atoms with Gasteiger partial charge in [0, 0.05) is 25.5 Å². The van der Waals surface area contributed by atoms with Gasteiger partial charge in [-0.1, -0.05) is 36.8 Å². The number of fused-ring (bicyclic) bond motifs is 3. The van der Waals surface area contributed by atoms with Gasteiger partial charge in [0.15, 0.2) is 11.2 Å². The van der Waals surface area contributed by atoms with Crippen LogP contribution in [-0.4, -0.2) is 23.1 Å². The molecule has 0 atom stereocenters. The fraction of sp³-hybridized carbons (Fsp3) is 0.350.